The SMILES string of the molecule is CN=C(NC1C2CCOC2C12CCC2)N(C)CCOc1ccc(F)cc1. The summed E-state index contributed by atoms with van der Waals surface area (Å²) >= 11 is 0. The van der Waals surface area contributed by atoms with Gasteiger partial charge in [0.25, 0.3) is 0 Å². The van der Waals surface area contributed by atoms with E-state index in [1.54, 1.807) is 12.1 Å². The van der Waals surface area contributed by atoms with E-state index in [4.69, 9.17) is 9.47 Å². The number of guanidine groups is 1. The third-order valence-corrected chi connectivity index (χ3v) is 6.40. The summed E-state index contributed by atoms with van der Waals surface area (Å²) in [7, 11) is 3.85. The van der Waals surface area contributed by atoms with Crippen molar-refractivity contribution >= 4 is 5.96 Å². The first kappa shape index (κ1) is 17.6. The Morgan fingerprint density at radius 1 is 1.38 bits per heavy atom. The molecule has 142 valence electrons. The summed E-state index contributed by atoms with van der Waals surface area (Å²) in [6.45, 7) is 2.13. The number of hydrogen-bond donors (Lipinski definition) is 1. The summed E-state index contributed by atoms with van der Waals surface area (Å²) in [5, 5.41) is 3.71. The molecule has 1 heterocycles. The molecule has 1 aliphatic heterocycles. The van der Waals surface area contributed by atoms with E-state index in [0.29, 0.717) is 42.4 Å². The van der Waals surface area contributed by atoms with E-state index in [2.05, 4.69) is 15.2 Å². The van der Waals surface area contributed by atoms with E-state index >= 15 is 0 Å². The Kier molecular flexibility index (Phi) is 4.78. The van der Waals surface area contributed by atoms with Gasteiger partial charge in [-0.3, -0.25) is 4.99 Å². The zero-order valence-electron chi connectivity index (χ0n) is 15.6. The largest absolute Gasteiger partial charge is 0.492 e. The first-order valence-corrected chi connectivity index (χ1v) is 9.58. The fourth-order valence-electron chi connectivity index (χ4n) is 4.88. The molecule has 1 saturated heterocycles. The Morgan fingerprint density at radius 2 is 2.15 bits per heavy atom. The third kappa shape index (κ3) is 2.94. The molecule has 4 rings (SSSR count). The van der Waals surface area contributed by atoms with Gasteiger partial charge in [0.1, 0.15) is 18.2 Å². The van der Waals surface area contributed by atoms with Crippen LogP contribution in [0.3, 0.4) is 0 Å². The molecule has 1 spiro atoms. The number of nitrogens with zero attached hydrogens (tertiary/aromatic N) is 2. The van der Waals surface area contributed by atoms with Crippen LogP contribution < -0.4 is 10.1 Å². The average molecular weight is 361 g/mol. The van der Waals surface area contributed by atoms with Gasteiger partial charge in [-0.15, -0.1) is 0 Å². The summed E-state index contributed by atoms with van der Waals surface area (Å²) in [6.07, 6.45) is 5.45. The maximum atomic E-state index is 12.9. The molecule has 0 aromatic heterocycles. The van der Waals surface area contributed by atoms with Crippen molar-refractivity contribution in [3.05, 3.63) is 30.1 Å². The van der Waals surface area contributed by atoms with E-state index in [-0.39, 0.29) is 5.82 Å². The van der Waals surface area contributed by atoms with E-state index < -0.39 is 0 Å². The predicted molar refractivity (Wildman–Crippen MR) is 98.9 cm³/mol. The molecule has 6 heteroatoms. The smallest absolute Gasteiger partial charge is 0.193 e. The van der Waals surface area contributed by atoms with Crippen LogP contribution in [-0.4, -0.2) is 56.9 Å². The van der Waals surface area contributed by atoms with Crippen molar-refractivity contribution < 1.29 is 13.9 Å². The van der Waals surface area contributed by atoms with Crippen molar-refractivity contribution in [3.8, 4) is 5.75 Å². The first-order valence-electron chi connectivity index (χ1n) is 9.58. The lowest BCUT2D eigenvalue weighted by atomic mass is 9.46. The minimum absolute atomic E-state index is 0.251. The maximum absolute atomic E-state index is 12.9. The standard InChI is InChI=1S/C20H28FN3O2/c1-22-19(24(2)11-13-25-15-6-4-14(21)5-7-15)23-17-16-8-12-26-18(16)20(17)9-3-10-20/h4-7,16-18H,3,8-13H2,1-2H3,(H,22,23). The van der Waals surface area contributed by atoms with Crippen LogP contribution in [0.25, 0.3) is 0 Å². The van der Waals surface area contributed by atoms with E-state index in [0.717, 1.165) is 19.0 Å². The number of ether oxygens (including phenoxy) is 2. The van der Waals surface area contributed by atoms with Crippen molar-refractivity contribution in [3.63, 3.8) is 0 Å². The van der Waals surface area contributed by atoms with Gasteiger partial charge in [0.05, 0.1) is 12.6 Å². The average Bonchev–Trinajstić information content (AvgIpc) is 3.01. The highest BCUT2D eigenvalue weighted by atomic mass is 19.1. The monoisotopic (exact) mass is 361 g/mol. The molecule has 0 radical (unpaired) electrons. The Balaban J connectivity index is 1.30. The molecular weight excluding hydrogens is 333 g/mol. The number of halogens is 1. The molecule has 3 fully saturated rings. The maximum Gasteiger partial charge on any atom is 0.193 e. The lowest BCUT2D eigenvalue weighted by Gasteiger charge is -2.63. The lowest BCUT2D eigenvalue weighted by molar-refractivity contribution is -0.171. The molecule has 26 heavy (non-hydrogen) atoms. The van der Waals surface area contributed by atoms with Gasteiger partial charge < -0.3 is 19.7 Å². The zero-order valence-corrected chi connectivity index (χ0v) is 15.6. The summed E-state index contributed by atoms with van der Waals surface area (Å²) in [6, 6.07) is 6.60. The van der Waals surface area contributed by atoms with Crippen LogP contribution in [-0.2, 0) is 4.74 Å². The second-order valence-electron chi connectivity index (χ2n) is 7.72. The number of nitrogens with one attached hydrogen (secondary N) is 1. The second kappa shape index (κ2) is 7.06. The van der Waals surface area contributed by atoms with Gasteiger partial charge in [0, 0.05) is 38.1 Å². The zero-order chi connectivity index (χ0) is 18.1. The topological polar surface area (TPSA) is 46.1 Å². The molecule has 2 aliphatic carbocycles. The van der Waals surface area contributed by atoms with Crippen LogP contribution >= 0.6 is 0 Å². The molecule has 2 saturated carbocycles. The van der Waals surface area contributed by atoms with Gasteiger partial charge in [-0.05, 0) is 43.5 Å². The Bertz CT molecular complexity index is 660. The quantitative estimate of drug-likeness (QED) is 0.647. The van der Waals surface area contributed by atoms with Gasteiger partial charge >= 0.3 is 0 Å². The number of fused-ring (bicyclic) bond motifs is 2. The van der Waals surface area contributed by atoms with E-state index in [9.17, 15) is 4.39 Å². The highest BCUT2D eigenvalue weighted by Gasteiger charge is 2.66. The Morgan fingerprint density at radius 3 is 2.81 bits per heavy atom. The highest BCUT2D eigenvalue weighted by Crippen LogP contribution is 2.62. The Labute approximate surface area is 154 Å². The minimum atomic E-state index is -0.251. The molecule has 3 atom stereocenters. The number of hydrogen-bond acceptors (Lipinski definition) is 3. The fourth-order valence-corrected chi connectivity index (χ4v) is 4.88. The lowest BCUT2D eigenvalue weighted by Crippen LogP contribution is -2.72. The van der Waals surface area contributed by atoms with Gasteiger partial charge in [-0.25, -0.2) is 4.39 Å². The normalized spacial score (nSPS) is 28.9. The number of rotatable bonds is 5. The van der Waals surface area contributed by atoms with Crippen LogP contribution in [0, 0.1) is 17.2 Å². The van der Waals surface area contributed by atoms with E-state index in [1.807, 2.05) is 14.1 Å². The highest BCUT2D eigenvalue weighted by molar-refractivity contribution is 5.80. The summed E-state index contributed by atoms with van der Waals surface area (Å²) < 4.78 is 24.6. The van der Waals surface area contributed by atoms with Crippen molar-refractivity contribution in [1.82, 2.24) is 10.2 Å². The molecular formula is C20H28FN3O2. The van der Waals surface area contributed by atoms with Gasteiger partial charge in [-0.1, -0.05) is 6.42 Å². The van der Waals surface area contributed by atoms with Gasteiger partial charge in [-0.2, -0.15) is 0 Å². The fraction of sp³-hybridized carbons (Fsp3) is 0.650. The summed E-state index contributed by atoms with van der Waals surface area (Å²) in [5.74, 6) is 1.96. The molecule has 5 nitrogen and oxygen atoms in total. The number of benzene rings is 1. The molecule has 3 unspecified atom stereocenters. The van der Waals surface area contributed by atoms with E-state index in [1.165, 1.54) is 31.4 Å². The van der Waals surface area contributed by atoms with Gasteiger partial charge in [0.15, 0.2) is 5.96 Å². The van der Waals surface area contributed by atoms with Gasteiger partial charge in [0.2, 0.25) is 0 Å². The van der Waals surface area contributed by atoms with Crippen LogP contribution in [0.15, 0.2) is 29.3 Å². The molecule has 1 aromatic carbocycles. The molecule has 0 amide bonds. The molecule has 1 aromatic rings. The van der Waals surface area contributed by atoms with Crippen LogP contribution in [0.2, 0.25) is 0 Å². The third-order valence-electron chi connectivity index (χ3n) is 6.40. The number of likely N-dealkylation sites (N-methyl/N-ethyl adjacent to an activating group) is 1. The number of aliphatic imine (C=N–C) groups is 1. The van der Waals surface area contributed by atoms with Crippen molar-refractivity contribution in [2.24, 2.45) is 16.3 Å². The van der Waals surface area contributed by atoms with Crippen molar-refractivity contribution in [2.75, 3.05) is 33.9 Å². The Hall–Kier alpha value is -1.82. The van der Waals surface area contributed by atoms with Crippen LogP contribution in [0.4, 0.5) is 4.39 Å². The second-order valence-corrected chi connectivity index (χ2v) is 7.72. The first-order chi connectivity index (χ1) is 12.6. The predicted octanol–water partition coefficient (Wildman–Crippen LogP) is 2.67. The molecule has 3 aliphatic rings. The molecule has 1 N–H and O–H groups in total. The van der Waals surface area contributed by atoms with Crippen molar-refractivity contribution in [2.45, 2.75) is 37.8 Å². The van der Waals surface area contributed by atoms with Crippen LogP contribution in [0.1, 0.15) is 25.7 Å². The minimum Gasteiger partial charge on any atom is -0.492 e. The van der Waals surface area contributed by atoms with Crippen LogP contribution in [0.5, 0.6) is 5.75 Å². The molecule has 0 bridgehead atoms. The summed E-state index contributed by atoms with van der Waals surface area (Å²) in [4.78, 5) is 6.57. The summed E-state index contributed by atoms with van der Waals surface area (Å²) in [5.41, 5.74) is 0.336. The van der Waals surface area contributed by atoms with Crippen molar-refractivity contribution in [1.29, 1.82) is 0 Å².